The van der Waals surface area contributed by atoms with E-state index in [-0.39, 0.29) is 0 Å². The third-order valence-electron chi connectivity index (χ3n) is 2.55. The van der Waals surface area contributed by atoms with Gasteiger partial charge in [0, 0.05) is 13.8 Å². The summed E-state index contributed by atoms with van der Waals surface area (Å²) in [4.78, 5) is 21.9. The highest BCUT2D eigenvalue weighted by Crippen LogP contribution is 2.28. The van der Waals surface area contributed by atoms with Crippen molar-refractivity contribution in [3.8, 4) is 0 Å². The van der Waals surface area contributed by atoms with Crippen molar-refractivity contribution < 1.29 is 29.3 Å². The molecule has 4 atom stereocenters. The zero-order valence-corrected chi connectivity index (χ0v) is 9.91. The first-order chi connectivity index (χ1) is 7.75. The van der Waals surface area contributed by atoms with Gasteiger partial charge in [0.2, 0.25) is 0 Å². The van der Waals surface area contributed by atoms with Crippen LogP contribution in [0.1, 0.15) is 20.8 Å². The van der Waals surface area contributed by atoms with E-state index < -0.39 is 35.9 Å². The van der Waals surface area contributed by atoms with Crippen LogP contribution in [-0.2, 0) is 19.1 Å². The third kappa shape index (κ3) is 3.04. The lowest BCUT2D eigenvalue weighted by atomic mass is 9.84. The number of carbonyl (C=O) groups excluding carboxylic acids is 2. The first-order valence-corrected chi connectivity index (χ1v) is 5.18. The molecule has 0 saturated carbocycles. The van der Waals surface area contributed by atoms with Crippen LogP contribution >= 0.6 is 0 Å². The Hall–Kier alpha value is -1.40. The van der Waals surface area contributed by atoms with Crippen LogP contribution in [0.15, 0.2) is 12.2 Å². The van der Waals surface area contributed by atoms with Crippen LogP contribution in [0.25, 0.3) is 0 Å². The number of esters is 2. The van der Waals surface area contributed by atoms with Gasteiger partial charge in [-0.1, -0.05) is 6.08 Å². The predicted octanol–water partition coefficient (Wildman–Crippen LogP) is -0.469. The minimum absolute atomic E-state index is 0.566. The molecule has 0 bridgehead atoms. The normalized spacial score (nSPS) is 36.4. The van der Waals surface area contributed by atoms with Gasteiger partial charge < -0.3 is 19.7 Å². The van der Waals surface area contributed by atoms with E-state index in [0.29, 0.717) is 0 Å². The van der Waals surface area contributed by atoms with Crippen molar-refractivity contribution >= 4 is 11.9 Å². The first kappa shape index (κ1) is 13.7. The number of rotatable bonds is 2. The Morgan fingerprint density at radius 1 is 1.18 bits per heavy atom. The minimum atomic E-state index is -1.71. The smallest absolute Gasteiger partial charge is 0.303 e. The van der Waals surface area contributed by atoms with Gasteiger partial charge in [0.05, 0.1) is 0 Å². The fraction of sp³-hybridized carbons (Fsp3) is 0.636. The summed E-state index contributed by atoms with van der Waals surface area (Å²) in [5.41, 5.74) is -1.71. The van der Waals surface area contributed by atoms with Crippen LogP contribution < -0.4 is 0 Å². The molecular weight excluding hydrogens is 228 g/mol. The minimum Gasteiger partial charge on any atom is -0.455 e. The van der Waals surface area contributed by atoms with E-state index in [4.69, 9.17) is 9.47 Å². The third-order valence-corrected chi connectivity index (χ3v) is 2.55. The summed E-state index contributed by atoms with van der Waals surface area (Å²) in [7, 11) is 0. The largest absolute Gasteiger partial charge is 0.455 e. The summed E-state index contributed by atoms with van der Waals surface area (Å²) in [5.74, 6) is -1.20. The molecule has 0 aromatic rings. The zero-order chi connectivity index (χ0) is 13.2. The molecule has 96 valence electrons. The monoisotopic (exact) mass is 244 g/mol. The number of hydrogen-bond acceptors (Lipinski definition) is 6. The van der Waals surface area contributed by atoms with Crippen LogP contribution in [0.5, 0.6) is 0 Å². The summed E-state index contributed by atoms with van der Waals surface area (Å²) >= 11 is 0. The number of ether oxygens (including phenoxy) is 2. The molecule has 6 nitrogen and oxygen atoms in total. The Labute approximate surface area is 98.8 Å². The molecule has 0 aromatic carbocycles. The Morgan fingerprint density at radius 3 is 2.18 bits per heavy atom. The van der Waals surface area contributed by atoms with E-state index in [1.165, 1.54) is 32.9 Å². The molecule has 1 rings (SSSR count). The fourth-order valence-corrected chi connectivity index (χ4v) is 1.67. The molecule has 0 amide bonds. The SMILES string of the molecule is CC(=O)O[C@H]1C=C[C@H](O)[C@](C)(O)[C@H]1OC(C)=O. The summed E-state index contributed by atoms with van der Waals surface area (Å²) in [6, 6.07) is 0. The number of hydrogen-bond donors (Lipinski definition) is 2. The van der Waals surface area contributed by atoms with E-state index in [1.807, 2.05) is 0 Å². The molecule has 0 aliphatic heterocycles. The number of aliphatic hydroxyl groups is 2. The zero-order valence-electron chi connectivity index (χ0n) is 9.91. The highest BCUT2D eigenvalue weighted by atomic mass is 16.6. The Morgan fingerprint density at radius 2 is 1.71 bits per heavy atom. The van der Waals surface area contributed by atoms with Crippen LogP contribution in [0.2, 0.25) is 0 Å². The van der Waals surface area contributed by atoms with Gasteiger partial charge in [-0.25, -0.2) is 0 Å². The van der Waals surface area contributed by atoms with Gasteiger partial charge >= 0.3 is 11.9 Å². The van der Waals surface area contributed by atoms with E-state index >= 15 is 0 Å². The molecule has 17 heavy (non-hydrogen) atoms. The molecule has 0 heterocycles. The highest BCUT2D eigenvalue weighted by molar-refractivity contribution is 5.67. The fourth-order valence-electron chi connectivity index (χ4n) is 1.67. The lowest BCUT2D eigenvalue weighted by molar-refractivity contribution is -0.197. The second-order valence-corrected chi connectivity index (χ2v) is 4.16. The van der Waals surface area contributed by atoms with Gasteiger partial charge in [-0.2, -0.15) is 0 Å². The van der Waals surface area contributed by atoms with Crippen molar-refractivity contribution in [1.82, 2.24) is 0 Å². The second-order valence-electron chi connectivity index (χ2n) is 4.16. The van der Waals surface area contributed by atoms with Crippen molar-refractivity contribution in [3.05, 3.63) is 12.2 Å². The summed E-state index contributed by atoms with van der Waals surface area (Å²) in [6.07, 6.45) is -0.553. The molecular formula is C11H16O6. The molecule has 6 heteroatoms. The average Bonchev–Trinajstić information content (AvgIpc) is 2.17. The van der Waals surface area contributed by atoms with Gasteiger partial charge in [0.25, 0.3) is 0 Å². The van der Waals surface area contributed by atoms with E-state index in [9.17, 15) is 19.8 Å². The van der Waals surface area contributed by atoms with E-state index in [2.05, 4.69) is 0 Å². The summed E-state index contributed by atoms with van der Waals surface area (Å²) in [5, 5.41) is 19.7. The summed E-state index contributed by atoms with van der Waals surface area (Å²) < 4.78 is 9.83. The van der Waals surface area contributed by atoms with Crippen molar-refractivity contribution in [3.63, 3.8) is 0 Å². The predicted molar refractivity (Wildman–Crippen MR) is 56.9 cm³/mol. The lowest BCUT2D eigenvalue weighted by Crippen LogP contribution is -2.58. The average molecular weight is 244 g/mol. The molecule has 2 N–H and O–H groups in total. The van der Waals surface area contributed by atoms with Crippen LogP contribution in [0.4, 0.5) is 0 Å². The van der Waals surface area contributed by atoms with Crippen molar-refractivity contribution in [2.24, 2.45) is 0 Å². The summed E-state index contributed by atoms with van der Waals surface area (Å²) in [6.45, 7) is 3.69. The van der Waals surface area contributed by atoms with Crippen LogP contribution in [0.3, 0.4) is 0 Å². The van der Waals surface area contributed by atoms with Gasteiger partial charge in [-0.15, -0.1) is 0 Å². The van der Waals surface area contributed by atoms with Gasteiger partial charge in [0.1, 0.15) is 11.7 Å². The van der Waals surface area contributed by atoms with Gasteiger partial charge in [-0.3, -0.25) is 9.59 Å². The highest BCUT2D eigenvalue weighted by Gasteiger charge is 2.48. The standard InChI is InChI=1S/C11H16O6/c1-6(12)16-8-4-5-9(14)11(3,15)10(8)17-7(2)13/h4-5,8-10,14-15H,1-3H3/t8-,9-,10-,11-/m0/s1. The maximum Gasteiger partial charge on any atom is 0.303 e. The molecule has 0 unspecified atom stereocenters. The molecule has 0 aromatic heterocycles. The molecule has 1 aliphatic rings. The van der Waals surface area contributed by atoms with Crippen molar-refractivity contribution in [2.45, 2.75) is 44.7 Å². The number of aliphatic hydroxyl groups excluding tert-OH is 1. The van der Waals surface area contributed by atoms with E-state index in [0.717, 1.165) is 0 Å². The molecule has 0 spiro atoms. The molecule has 0 radical (unpaired) electrons. The van der Waals surface area contributed by atoms with Crippen molar-refractivity contribution in [1.29, 1.82) is 0 Å². The topological polar surface area (TPSA) is 93.1 Å². The van der Waals surface area contributed by atoms with Crippen molar-refractivity contribution in [2.75, 3.05) is 0 Å². The first-order valence-electron chi connectivity index (χ1n) is 5.18. The quantitative estimate of drug-likeness (QED) is 0.504. The molecule has 0 fully saturated rings. The van der Waals surface area contributed by atoms with Gasteiger partial charge in [-0.05, 0) is 13.0 Å². The van der Waals surface area contributed by atoms with Crippen LogP contribution in [-0.4, -0.2) is 46.1 Å². The second kappa shape index (κ2) is 4.85. The maximum absolute atomic E-state index is 11.0. The lowest BCUT2D eigenvalue weighted by Gasteiger charge is -2.40. The Kier molecular flexibility index (Phi) is 3.90. The Balaban J connectivity index is 2.98. The molecule has 1 aliphatic carbocycles. The maximum atomic E-state index is 11.0. The van der Waals surface area contributed by atoms with E-state index in [1.54, 1.807) is 0 Å². The Bertz CT molecular complexity index is 346. The van der Waals surface area contributed by atoms with Crippen LogP contribution in [0, 0.1) is 0 Å². The molecule has 0 saturated heterocycles. The van der Waals surface area contributed by atoms with Gasteiger partial charge in [0.15, 0.2) is 12.2 Å². The number of carbonyl (C=O) groups is 2.